The first-order valence-electron chi connectivity index (χ1n) is 7.40. The summed E-state index contributed by atoms with van der Waals surface area (Å²) < 4.78 is 0. The van der Waals surface area contributed by atoms with Crippen molar-refractivity contribution in [3.8, 4) is 0 Å². The van der Waals surface area contributed by atoms with Crippen LogP contribution in [0.3, 0.4) is 0 Å². The molecule has 0 aliphatic heterocycles. The maximum atomic E-state index is 12.1. The third-order valence-corrected chi connectivity index (χ3v) is 3.91. The number of anilines is 2. The Balaban J connectivity index is 1.65. The van der Waals surface area contributed by atoms with E-state index in [0.717, 1.165) is 27.7 Å². The van der Waals surface area contributed by atoms with Crippen LogP contribution >= 0.6 is 11.6 Å². The molecule has 0 aromatic heterocycles. The molecular formula is C19H17ClN2O. The first-order valence-corrected chi connectivity index (χ1v) is 7.78. The van der Waals surface area contributed by atoms with Crippen molar-refractivity contribution in [1.82, 2.24) is 0 Å². The molecule has 3 rings (SSSR count). The summed E-state index contributed by atoms with van der Waals surface area (Å²) in [5.74, 6) is -0.0975. The van der Waals surface area contributed by atoms with Gasteiger partial charge in [-0.25, -0.2) is 0 Å². The number of hydrogen-bond acceptors (Lipinski definition) is 2. The monoisotopic (exact) mass is 324 g/mol. The van der Waals surface area contributed by atoms with Gasteiger partial charge in [-0.2, -0.15) is 0 Å². The van der Waals surface area contributed by atoms with Crippen LogP contribution in [-0.4, -0.2) is 12.5 Å². The van der Waals surface area contributed by atoms with Gasteiger partial charge >= 0.3 is 0 Å². The number of rotatable bonds is 4. The van der Waals surface area contributed by atoms with E-state index in [2.05, 4.69) is 10.6 Å². The van der Waals surface area contributed by atoms with Gasteiger partial charge in [0.25, 0.3) is 0 Å². The lowest BCUT2D eigenvalue weighted by atomic mass is 10.1. The maximum Gasteiger partial charge on any atom is 0.243 e. The van der Waals surface area contributed by atoms with Crippen LogP contribution in [0, 0.1) is 6.92 Å². The average Bonchev–Trinajstić information content (AvgIpc) is 2.55. The van der Waals surface area contributed by atoms with E-state index in [1.54, 1.807) is 0 Å². The molecule has 1 amide bonds. The van der Waals surface area contributed by atoms with Crippen molar-refractivity contribution in [1.29, 1.82) is 0 Å². The zero-order valence-electron chi connectivity index (χ0n) is 12.8. The molecule has 0 atom stereocenters. The Morgan fingerprint density at radius 1 is 1.00 bits per heavy atom. The lowest BCUT2D eigenvalue weighted by Gasteiger charge is -2.11. The van der Waals surface area contributed by atoms with Gasteiger partial charge in [0.15, 0.2) is 0 Å². The summed E-state index contributed by atoms with van der Waals surface area (Å²) in [6.45, 7) is 2.16. The second kappa shape index (κ2) is 6.71. The third kappa shape index (κ3) is 3.82. The molecule has 0 saturated carbocycles. The van der Waals surface area contributed by atoms with Gasteiger partial charge in [-0.3, -0.25) is 4.79 Å². The summed E-state index contributed by atoms with van der Waals surface area (Å²) in [7, 11) is 0. The number of aryl methyl sites for hydroxylation is 1. The van der Waals surface area contributed by atoms with E-state index >= 15 is 0 Å². The molecule has 0 bridgehead atoms. The number of carbonyl (C=O) groups is 1. The average molecular weight is 325 g/mol. The number of carbonyl (C=O) groups excluding carboxylic acids is 1. The molecule has 0 spiro atoms. The Labute approximate surface area is 140 Å². The van der Waals surface area contributed by atoms with Crippen LogP contribution in [0.25, 0.3) is 10.8 Å². The highest BCUT2D eigenvalue weighted by atomic mass is 35.5. The summed E-state index contributed by atoms with van der Waals surface area (Å²) in [4.78, 5) is 12.1. The van der Waals surface area contributed by atoms with Crippen LogP contribution in [0.1, 0.15) is 5.56 Å². The Bertz CT molecular complexity index is 861. The molecule has 0 fully saturated rings. The molecule has 23 heavy (non-hydrogen) atoms. The minimum atomic E-state index is -0.0975. The molecule has 0 saturated heterocycles. The van der Waals surface area contributed by atoms with Crippen molar-refractivity contribution in [2.75, 3.05) is 17.2 Å². The van der Waals surface area contributed by atoms with Crippen molar-refractivity contribution in [2.45, 2.75) is 6.92 Å². The lowest BCUT2D eigenvalue weighted by Crippen LogP contribution is -2.22. The van der Waals surface area contributed by atoms with E-state index in [4.69, 9.17) is 11.6 Å². The maximum absolute atomic E-state index is 12.1. The van der Waals surface area contributed by atoms with Crippen LogP contribution in [-0.2, 0) is 4.79 Å². The van der Waals surface area contributed by atoms with E-state index < -0.39 is 0 Å². The van der Waals surface area contributed by atoms with E-state index in [0.29, 0.717) is 5.02 Å². The molecule has 3 nitrogen and oxygen atoms in total. The molecule has 0 unspecified atom stereocenters. The van der Waals surface area contributed by atoms with Gasteiger partial charge in [0.1, 0.15) is 0 Å². The Morgan fingerprint density at radius 3 is 2.61 bits per heavy atom. The highest BCUT2D eigenvalue weighted by Gasteiger charge is 2.05. The molecule has 0 aliphatic carbocycles. The van der Waals surface area contributed by atoms with Gasteiger partial charge in [-0.15, -0.1) is 0 Å². The van der Waals surface area contributed by atoms with E-state index in [9.17, 15) is 4.79 Å². The second-order valence-corrected chi connectivity index (χ2v) is 5.86. The van der Waals surface area contributed by atoms with E-state index in [1.807, 2.05) is 67.6 Å². The first kappa shape index (κ1) is 15.4. The fourth-order valence-electron chi connectivity index (χ4n) is 2.43. The zero-order valence-corrected chi connectivity index (χ0v) is 13.5. The number of fused-ring (bicyclic) bond motifs is 1. The predicted octanol–water partition coefficient (Wildman–Crippen LogP) is 4.85. The van der Waals surface area contributed by atoms with Crippen molar-refractivity contribution < 1.29 is 4.79 Å². The van der Waals surface area contributed by atoms with Crippen LogP contribution in [0.4, 0.5) is 11.4 Å². The summed E-state index contributed by atoms with van der Waals surface area (Å²) in [5, 5.41) is 8.92. The van der Waals surface area contributed by atoms with Crippen molar-refractivity contribution in [2.24, 2.45) is 0 Å². The summed E-state index contributed by atoms with van der Waals surface area (Å²) in [6.07, 6.45) is 0. The van der Waals surface area contributed by atoms with Gasteiger partial charge < -0.3 is 10.6 Å². The van der Waals surface area contributed by atoms with Gasteiger partial charge in [-0.05, 0) is 47.5 Å². The Hall–Kier alpha value is -2.52. The lowest BCUT2D eigenvalue weighted by molar-refractivity contribution is -0.114. The van der Waals surface area contributed by atoms with Gasteiger partial charge in [-0.1, -0.05) is 48.0 Å². The number of halogens is 1. The van der Waals surface area contributed by atoms with Crippen molar-refractivity contribution in [3.63, 3.8) is 0 Å². The molecule has 2 N–H and O–H groups in total. The normalized spacial score (nSPS) is 10.5. The SMILES string of the molecule is Cc1ccc(Cl)cc1NCC(=O)Nc1ccc2ccccc2c1. The molecule has 0 heterocycles. The first-order chi connectivity index (χ1) is 11.1. The molecule has 0 aliphatic rings. The summed E-state index contributed by atoms with van der Waals surface area (Å²) in [6, 6.07) is 19.5. The Morgan fingerprint density at radius 2 is 1.78 bits per heavy atom. The Kier molecular flexibility index (Phi) is 4.49. The molecule has 116 valence electrons. The summed E-state index contributed by atoms with van der Waals surface area (Å²) >= 11 is 5.98. The highest BCUT2D eigenvalue weighted by Crippen LogP contribution is 2.21. The number of amides is 1. The van der Waals surface area contributed by atoms with Crippen molar-refractivity contribution in [3.05, 3.63) is 71.2 Å². The predicted molar refractivity (Wildman–Crippen MR) is 97.3 cm³/mol. The molecule has 3 aromatic carbocycles. The number of hydrogen-bond donors (Lipinski definition) is 2. The summed E-state index contributed by atoms with van der Waals surface area (Å²) in [5.41, 5.74) is 2.71. The minimum absolute atomic E-state index is 0.0975. The second-order valence-electron chi connectivity index (χ2n) is 5.42. The highest BCUT2D eigenvalue weighted by molar-refractivity contribution is 6.30. The number of nitrogens with one attached hydrogen (secondary N) is 2. The topological polar surface area (TPSA) is 41.1 Å². The third-order valence-electron chi connectivity index (χ3n) is 3.67. The molecule has 0 radical (unpaired) electrons. The quantitative estimate of drug-likeness (QED) is 0.720. The van der Waals surface area contributed by atoms with Crippen LogP contribution in [0.15, 0.2) is 60.7 Å². The van der Waals surface area contributed by atoms with Gasteiger partial charge in [0.05, 0.1) is 6.54 Å². The largest absolute Gasteiger partial charge is 0.376 e. The van der Waals surface area contributed by atoms with Crippen molar-refractivity contribution >= 4 is 39.7 Å². The van der Waals surface area contributed by atoms with Crippen LogP contribution in [0.5, 0.6) is 0 Å². The fraction of sp³-hybridized carbons (Fsp3) is 0.105. The zero-order chi connectivity index (χ0) is 16.2. The minimum Gasteiger partial charge on any atom is -0.376 e. The van der Waals surface area contributed by atoms with Crippen LogP contribution < -0.4 is 10.6 Å². The van der Waals surface area contributed by atoms with Crippen LogP contribution in [0.2, 0.25) is 5.02 Å². The van der Waals surface area contributed by atoms with E-state index in [-0.39, 0.29) is 12.5 Å². The van der Waals surface area contributed by atoms with E-state index in [1.165, 1.54) is 0 Å². The molecule has 3 aromatic rings. The van der Waals surface area contributed by atoms with Gasteiger partial charge in [0, 0.05) is 16.4 Å². The van der Waals surface area contributed by atoms with Gasteiger partial charge in [0.2, 0.25) is 5.91 Å². The molecular weight excluding hydrogens is 308 g/mol. The molecule has 4 heteroatoms. The number of benzene rings is 3. The fourth-order valence-corrected chi connectivity index (χ4v) is 2.60. The smallest absolute Gasteiger partial charge is 0.243 e. The standard InChI is InChI=1S/C19H17ClN2O/c1-13-6-8-16(20)11-18(13)21-12-19(23)22-17-9-7-14-4-2-3-5-15(14)10-17/h2-11,21H,12H2,1H3,(H,22,23).